The van der Waals surface area contributed by atoms with Crippen LogP contribution >= 0.6 is 11.3 Å². The second kappa shape index (κ2) is 3.59. The summed E-state index contributed by atoms with van der Waals surface area (Å²) in [6, 6.07) is 1.66. The molecule has 0 bridgehead atoms. The molecule has 0 aromatic carbocycles. The first-order valence-electron chi connectivity index (χ1n) is 3.96. The van der Waals surface area contributed by atoms with Gasteiger partial charge in [0.25, 0.3) is 5.91 Å². The van der Waals surface area contributed by atoms with Crippen LogP contribution in [0, 0.1) is 0 Å². The summed E-state index contributed by atoms with van der Waals surface area (Å²) < 4.78 is 1.58. The van der Waals surface area contributed by atoms with Gasteiger partial charge in [-0.1, -0.05) is 0 Å². The van der Waals surface area contributed by atoms with Crippen molar-refractivity contribution in [2.45, 2.75) is 0 Å². The molecule has 6 heteroatoms. The molecule has 0 atom stereocenters. The van der Waals surface area contributed by atoms with Crippen molar-refractivity contribution in [1.82, 2.24) is 14.8 Å². The lowest BCUT2D eigenvalue weighted by molar-refractivity contribution is 0.102. The van der Waals surface area contributed by atoms with Gasteiger partial charge in [0.2, 0.25) is 0 Å². The summed E-state index contributed by atoms with van der Waals surface area (Å²) in [6.45, 7) is 0. The van der Waals surface area contributed by atoms with Crippen LogP contribution in [0.4, 0.5) is 5.13 Å². The minimum Gasteiger partial charge on any atom is -0.296 e. The quantitative estimate of drug-likeness (QED) is 0.804. The minimum absolute atomic E-state index is 0.236. The lowest BCUT2D eigenvalue weighted by Gasteiger charge is -1.96. The van der Waals surface area contributed by atoms with Gasteiger partial charge in [0.05, 0.1) is 0 Å². The number of anilines is 1. The molecule has 5 nitrogen and oxygen atoms in total. The van der Waals surface area contributed by atoms with E-state index in [2.05, 4.69) is 15.4 Å². The van der Waals surface area contributed by atoms with Gasteiger partial charge in [0.1, 0.15) is 0 Å². The van der Waals surface area contributed by atoms with Crippen molar-refractivity contribution < 1.29 is 4.79 Å². The van der Waals surface area contributed by atoms with E-state index >= 15 is 0 Å². The van der Waals surface area contributed by atoms with E-state index in [1.54, 1.807) is 35.6 Å². The zero-order valence-corrected chi connectivity index (χ0v) is 8.28. The Morgan fingerprint density at radius 2 is 2.50 bits per heavy atom. The van der Waals surface area contributed by atoms with Crippen LogP contribution in [0.15, 0.2) is 23.8 Å². The van der Waals surface area contributed by atoms with Crippen molar-refractivity contribution in [2.75, 3.05) is 5.32 Å². The number of aromatic nitrogens is 3. The number of nitrogens with one attached hydrogen (secondary N) is 1. The van der Waals surface area contributed by atoms with E-state index in [0.717, 1.165) is 0 Å². The molecule has 0 aliphatic carbocycles. The number of thiazole rings is 1. The van der Waals surface area contributed by atoms with Crippen molar-refractivity contribution in [3.63, 3.8) is 0 Å². The molecule has 14 heavy (non-hydrogen) atoms. The maximum atomic E-state index is 11.5. The van der Waals surface area contributed by atoms with Crippen LogP contribution in [0.3, 0.4) is 0 Å². The molecule has 0 unspecified atom stereocenters. The average Bonchev–Trinajstić information content (AvgIpc) is 2.75. The van der Waals surface area contributed by atoms with Gasteiger partial charge in [-0.3, -0.25) is 14.8 Å². The fraction of sp³-hybridized carbons (Fsp3) is 0.125. The van der Waals surface area contributed by atoms with Crippen molar-refractivity contribution in [3.05, 3.63) is 29.5 Å². The van der Waals surface area contributed by atoms with Crippen molar-refractivity contribution in [1.29, 1.82) is 0 Å². The smallest absolute Gasteiger partial charge is 0.277 e. The van der Waals surface area contributed by atoms with E-state index in [-0.39, 0.29) is 5.91 Å². The molecule has 0 saturated heterocycles. The Kier molecular flexibility index (Phi) is 2.28. The number of amides is 1. The average molecular weight is 208 g/mol. The molecule has 2 heterocycles. The Hall–Kier alpha value is -1.69. The van der Waals surface area contributed by atoms with E-state index in [0.29, 0.717) is 10.8 Å². The first-order chi connectivity index (χ1) is 6.75. The summed E-state index contributed by atoms with van der Waals surface area (Å²) in [7, 11) is 1.76. The highest BCUT2D eigenvalue weighted by atomic mass is 32.1. The van der Waals surface area contributed by atoms with Crippen LogP contribution in [0.5, 0.6) is 0 Å². The lowest BCUT2D eigenvalue weighted by Crippen LogP contribution is -2.12. The van der Waals surface area contributed by atoms with Crippen molar-refractivity contribution in [3.8, 4) is 0 Å². The third kappa shape index (κ3) is 1.80. The van der Waals surface area contributed by atoms with Gasteiger partial charge in [-0.15, -0.1) is 11.3 Å². The second-order valence-corrected chi connectivity index (χ2v) is 3.56. The number of carbonyl (C=O) groups excluding carboxylic acids is 1. The fourth-order valence-electron chi connectivity index (χ4n) is 0.983. The highest BCUT2D eigenvalue weighted by Gasteiger charge is 2.09. The van der Waals surface area contributed by atoms with Gasteiger partial charge in [-0.25, -0.2) is 4.98 Å². The molecule has 2 rings (SSSR count). The molecule has 0 aliphatic heterocycles. The third-order valence-electron chi connectivity index (χ3n) is 1.60. The SMILES string of the molecule is Cn1ccc(C(=O)Nc2nccs2)n1. The number of nitrogens with zero attached hydrogens (tertiary/aromatic N) is 3. The molecule has 0 fully saturated rings. The van der Waals surface area contributed by atoms with Crippen LogP contribution in [-0.4, -0.2) is 20.7 Å². The molecule has 0 aliphatic rings. The monoisotopic (exact) mass is 208 g/mol. The number of rotatable bonds is 2. The Labute approximate surface area is 84.4 Å². The zero-order chi connectivity index (χ0) is 9.97. The van der Waals surface area contributed by atoms with E-state index in [1.165, 1.54) is 11.3 Å². The Bertz CT molecular complexity index is 434. The van der Waals surface area contributed by atoms with Crippen molar-refractivity contribution >= 4 is 22.4 Å². The van der Waals surface area contributed by atoms with Crippen LogP contribution in [0.25, 0.3) is 0 Å². The predicted molar refractivity (Wildman–Crippen MR) is 53.3 cm³/mol. The minimum atomic E-state index is -0.236. The molecule has 0 saturated carbocycles. The standard InChI is InChI=1S/C8H8N4OS/c1-12-4-2-6(11-12)7(13)10-8-9-3-5-14-8/h2-5H,1H3,(H,9,10,13). The predicted octanol–water partition coefficient (Wildman–Crippen LogP) is 1.13. The van der Waals surface area contributed by atoms with Crippen molar-refractivity contribution in [2.24, 2.45) is 7.05 Å². The maximum Gasteiger partial charge on any atom is 0.277 e. The Balaban J connectivity index is 2.10. The molecule has 0 spiro atoms. The summed E-state index contributed by atoms with van der Waals surface area (Å²) >= 11 is 1.38. The third-order valence-corrected chi connectivity index (χ3v) is 2.29. The van der Waals surface area contributed by atoms with E-state index < -0.39 is 0 Å². The normalized spacial score (nSPS) is 10.1. The van der Waals surface area contributed by atoms with E-state index in [9.17, 15) is 4.79 Å². The molecule has 1 amide bonds. The number of aryl methyl sites for hydroxylation is 1. The summed E-state index contributed by atoms with van der Waals surface area (Å²) in [4.78, 5) is 15.4. The summed E-state index contributed by atoms with van der Waals surface area (Å²) in [6.07, 6.45) is 3.36. The number of carbonyl (C=O) groups is 1. The Morgan fingerprint density at radius 3 is 3.07 bits per heavy atom. The highest BCUT2D eigenvalue weighted by molar-refractivity contribution is 7.13. The Morgan fingerprint density at radius 1 is 1.64 bits per heavy atom. The molecule has 2 aromatic heterocycles. The summed E-state index contributed by atoms with van der Waals surface area (Å²) in [5, 5.41) is 9.00. The van der Waals surface area contributed by atoms with Gasteiger partial charge < -0.3 is 0 Å². The van der Waals surface area contributed by atoms with Gasteiger partial charge in [-0.05, 0) is 6.07 Å². The lowest BCUT2D eigenvalue weighted by atomic mass is 10.4. The number of hydrogen-bond acceptors (Lipinski definition) is 4. The number of hydrogen-bond donors (Lipinski definition) is 1. The van der Waals surface area contributed by atoms with E-state index in [1.807, 2.05) is 0 Å². The first kappa shape index (κ1) is 8.89. The van der Waals surface area contributed by atoms with Crippen LogP contribution in [0.1, 0.15) is 10.5 Å². The maximum absolute atomic E-state index is 11.5. The molecule has 1 N–H and O–H groups in total. The largest absolute Gasteiger partial charge is 0.296 e. The van der Waals surface area contributed by atoms with Gasteiger partial charge in [-0.2, -0.15) is 5.10 Å². The molecule has 72 valence electrons. The van der Waals surface area contributed by atoms with Crippen LogP contribution < -0.4 is 5.32 Å². The molecular formula is C8H8N4OS. The molecule has 2 aromatic rings. The highest BCUT2D eigenvalue weighted by Crippen LogP contribution is 2.11. The summed E-state index contributed by atoms with van der Waals surface area (Å²) in [5.74, 6) is -0.236. The van der Waals surface area contributed by atoms with Gasteiger partial charge in [0, 0.05) is 24.8 Å². The van der Waals surface area contributed by atoms with Gasteiger partial charge in [0.15, 0.2) is 10.8 Å². The topological polar surface area (TPSA) is 59.8 Å². The van der Waals surface area contributed by atoms with E-state index in [4.69, 9.17) is 0 Å². The van der Waals surface area contributed by atoms with Crippen LogP contribution in [-0.2, 0) is 7.05 Å². The fourth-order valence-corrected chi connectivity index (χ4v) is 1.51. The molecule has 0 radical (unpaired) electrons. The zero-order valence-electron chi connectivity index (χ0n) is 7.47. The first-order valence-corrected chi connectivity index (χ1v) is 4.84. The van der Waals surface area contributed by atoms with Gasteiger partial charge >= 0.3 is 0 Å². The summed E-state index contributed by atoms with van der Waals surface area (Å²) in [5.41, 5.74) is 0.391. The molecular weight excluding hydrogens is 200 g/mol. The van der Waals surface area contributed by atoms with Crippen LogP contribution in [0.2, 0.25) is 0 Å². The second-order valence-electron chi connectivity index (χ2n) is 2.67.